The molecule has 0 radical (unpaired) electrons. The van der Waals surface area contributed by atoms with Gasteiger partial charge < -0.3 is 10.1 Å². The van der Waals surface area contributed by atoms with Crippen molar-refractivity contribution in [3.8, 4) is 0 Å². The Morgan fingerprint density at radius 2 is 1.97 bits per heavy atom. The zero-order valence-electron chi connectivity index (χ0n) is 16.4. The van der Waals surface area contributed by atoms with Crippen molar-refractivity contribution >= 4 is 39.1 Å². The first kappa shape index (κ1) is 19.3. The molecule has 4 rings (SSSR count). The van der Waals surface area contributed by atoms with Crippen LogP contribution in [0.5, 0.6) is 0 Å². The molecular weight excluding hydrogens is 390 g/mol. The number of thiophene rings is 1. The molecule has 0 spiro atoms. The number of hydrogen-bond donors (Lipinski definition) is 1. The van der Waals surface area contributed by atoms with Gasteiger partial charge in [-0.3, -0.25) is 14.2 Å². The third-order valence-electron chi connectivity index (χ3n) is 5.07. The Bertz CT molecular complexity index is 1180. The molecule has 0 bridgehead atoms. The van der Waals surface area contributed by atoms with Crippen molar-refractivity contribution in [1.29, 1.82) is 0 Å². The van der Waals surface area contributed by atoms with Gasteiger partial charge in [-0.05, 0) is 44.9 Å². The molecule has 7 nitrogen and oxygen atoms in total. The van der Waals surface area contributed by atoms with E-state index in [1.165, 1.54) is 6.92 Å². The molecule has 1 aromatic carbocycles. The van der Waals surface area contributed by atoms with Gasteiger partial charge in [-0.25, -0.2) is 9.78 Å². The third-order valence-corrected chi connectivity index (χ3v) is 6.23. The lowest BCUT2D eigenvalue weighted by Crippen LogP contribution is -2.30. The zero-order chi connectivity index (χ0) is 20.7. The van der Waals surface area contributed by atoms with Crippen molar-refractivity contribution in [1.82, 2.24) is 9.55 Å². The van der Waals surface area contributed by atoms with E-state index in [1.54, 1.807) is 23.6 Å². The SMILES string of the molecule is Cc1ccc(NC(=O)[C@@H](C)OC(=O)c2sc3nc4n(c(=O)c3c2C)CCC4)cc1. The van der Waals surface area contributed by atoms with Gasteiger partial charge in [-0.2, -0.15) is 0 Å². The Balaban J connectivity index is 1.53. The number of nitrogens with one attached hydrogen (secondary N) is 1. The molecule has 3 aromatic rings. The molecule has 29 heavy (non-hydrogen) atoms. The Kier molecular flexibility index (Phi) is 4.96. The van der Waals surface area contributed by atoms with E-state index < -0.39 is 18.0 Å². The topological polar surface area (TPSA) is 90.3 Å². The van der Waals surface area contributed by atoms with E-state index in [1.807, 2.05) is 19.1 Å². The lowest BCUT2D eigenvalue weighted by Gasteiger charge is -2.13. The quantitative estimate of drug-likeness (QED) is 0.666. The lowest BCUT2D eigenvalue weighted by atomic mass is 10.2. The first-order valence-corrected chi connectivity index (χ1v) is 10.3. The molecule has 0 aliphatic carbocycles. The van der Waals surface area contributed by atoms with Crippen LogP contribution in [-0.4, -0.2) is 27.5 Å². The number of esters is 1. The van der Waals surface area contributed by atoms with Crippen LogP contribution in [0.15, 0.2) is 29.1 Å². The maximum absolute atomic E-state index is 12.7. The number of amides is 1. The van der Waals surface area contributed by atoms with E-state index in [2.05, 4.69) is 10.3 Å². The fourth-order valence-corrected chi connectivity index (χ4v) is 4.49. The van der Waals surface area contributed by atoms with E-state index in [0.29, 0.717) is 32.9 Å². The Morgan fingerprint density at radius 3 is 2.69 bits per heavy atom. The van der Waals surface area contributed by atoms with Crippen molar-refractivity contribution in [2.45, 2.75) is 46.3 Å². The molecule has 8 heteroatoms. The fraction of sp³-hybridized carbons (Fsp3) is 0.333. The number of hydrogen-bond acceptors (Lipinski definition) is 6. The Morgan fingerprint density at radius 1 is 1.24 bits per heavy atom. The molecule has 2 aromatic heterocycles. The highest BCUT2D eigenvalue weighted by Gasteiger charge is 2.26. The van der Waals surface area contributed by atoms with Gasteiger partial charge in [0.2, 0.25) is 0 Å². The summed E-state index contributed by atoms with van der Waals surface area (Å²) < 4.78 is 7.04. The zero-order valence-corrected chi connectivity index (χ0v) is 17.3. The molecule has 0 unspecified atom stereocenters. The largest absolute Gasteiger partial charge is 0.448 e. The molecule has 1 aliphatic heterocycles. The van der Waals surface area contributed by atoms with Crippen molar-refractivity contribution in [3.63, 3.8) is 0 Å². The van der Waals surface area contributed by atoms with Crippen LogP contribution in [0.4, 0.5) is 5.69 Å². The van der Waals surface area contributed by atoms with Gasteiger partial charge in [-0.15, -0.1) is 11.3 Å². The minimum absolute atomic E-state index is 0.111. The predicted octanol–water partition coefficient (Wildman–Crippen LogP) is 3.21. The summed E-state index contributed by atoms with van der Waals surface area (Å²) in [6.45, 7) is 5.85. The highest BCUT2D eigenvalue weighted by molar-refractivity contribution is 7.20. The normalized spacial score (nSPS) is 13.9. The van der Waals surface area contributed by atoms with Crippen molar-refractivity contribution < 1.29 is 14.3 Å². The second kappa shape index (κ2) is 7.44. The summed E-state index contributed by atoms with van der Waals surface area (Å²) >= 11 is 1.14. The van der Waals surface area contributed by atoms with Gasteiger partial charge in [0.05, 0.1) is 5.39 Å². The van der Waals surface area contributed by atoms with Crippen molar-refractivity contribution in [2.24, 2.45) is 0 Å². The maximum atomic E-state index is 12.7. The van der Waals surface area contributed by atoms with Crippen LogP contribution in [0, 0.1) is 13.8 Å². The summed E-state index contributed by atoms with van der Waals surface area (Å²) in [5, 5.41) is 3.19. The molecule has 0 fully saturated rings. The van der Waals surface area contributed by atoms with E-state index in [0.717, 1.165) is 35.6 Å². The number of aryl methyl sites for hydroxylation is 3. The van der Waals surface area contributed by atoms with Crippen molar-refractivity contribution in [2.75, 3.05) is 5.32 Å². The predicted molar refractivity (Wildman–Crippen MR) is 112 cm³/mol. The number of nitrogens with zero attached hydrogens (tertiary/aromatic N) is 2. The molecule has 0 saturated carbocycles. The second-order valence-corrected chi connectivity index (χ2v) is 8.23. The Labute approximate surface area is 171 Å². The molecule has 1 N–H and O–H groups in total. The molecule has 1 atom stereocenters. The number of aromatic nitrogens is 2. The van der Waals surface area contributed by atoms with E-state index in [4.69, 9.17) is 4.74 Å². The van der Waals surface area contributed by atoms with Crippen LogP contribution >= 0.6 is 11.3 Å². The van der Waals surface area contributed by atoms with Crippen molar-refractivity contribution in [3.05, 3.63) is 56.4 Å². The van der Waals surface area contributed by atoms with Crippen LogP contribution in [-0.2, 0) is 22.5 Å². The fourth-order valence-electron chi connectivity index (χ4n) is 3.42. The van der Waals surface area contributed by atoms with Gasteiger partial charge >= 0.3 is 5.97 Å². The standard InChI is InChI=1S/C21H21N3O4S/c1-11-6-8-14(9-7-11)22-18(25)13(3)28-21(27)17-12(2)16-19(29-17)23-15-5-4-10-24(15)20(16)26/h6-9,13H,4-5,10H2,1-3H3,(H,22,25)/t13-/m1/s1. The van der Waals surface area contributed by atoms with Crippen LogP contribution < -0.4 is 10.9 Å². The summed E-state index contributed by atoms with van der Waals surface area (Å²) in [4.78, 5) is 43.2. The smallest absolute Gasteiger partial charge is 0.349 e. The van der Waals surface area contributed by atoms with Gasteiger partial charge in [0.1, 0.15) is 15.5 Å². The van der Waals surface area contributed by atoms with Crippen LogP contribution in [0.1, 0.15) is 40.0 Å². The number of fused-ring (bicyclic) bond motifs is 2. The minimum atomic E-state index is -0.979. The van der Waals surface area contributed by atoms with Crippen LogP contribution in [0.25, 0.3) is 10.2 Å². The van der Waals surface area contributed by atoms with E-state index in [9.17, 15) is 14.4 Å². The lowest BCUT2D eigenvalue weighted by molar-refractivity contribution is -0.123. The molecular formula is C21H21N3O4S. The number of ether oxygens (including phenoxy) is 1. The first-order valence-electron chi connectivity index (χ1n) is 9.46. The first-order chi connectivity index (χ1) is 13.8. The Hall–Kier alpha value is -3.00. The van der Waals surface area contributed by atoms with E-state index in [-0.39, 0.29) is 5.56 Å². The summed E-state index contributed by atoms with van der Waals surface area (Å²) in [6.07, 6.45) is 0.687. The van der Waals surface area contributed by atoms with Gasteiger partial charge in [0, 0.05) is 18.7 Å². The number of rotatable bonds is 4. The highest BCUT2D eigenvalue weighted by atomic mass is 32.1. The average Bonchev–Trinajstić information content (AvgIpc) is 3.28. The molecule has 0 saturated heterocycles. The van der Waals surface area contributed by atoms with Gasteiger partial charge in [0.15, 0.2) is 6.10 Å². The average molecular weight is 411 g/mol. The third kappa shape index (κ3) is 3.55. The second-order valence-electron chi connectivity index (χ2n) is 7.23. The number of carbonyl (C=O) groups is 2. The molecule has 150 valence electrons. The minimum Gasteiger partial charge on any atom is -0.448 e. The summed E-state index contributed by atoms with van der Waals surface area (Å²) in [6, 6.07) is 7.35. The maximum Gasteiger partial charge on any atom is 0.349 e. The summed E-state index contributed by atoms with van der Waals surface area (Å²) in [5.74, 6) is -0.283. The van der Waals surface area contributed by atoms with Gasteiger partial charge in [0.25, 0.3) is 11.5 Å². The summed E-state index contributed by atoms with van der Waals surface area (Å²) in [7, 11) is 0. The van der Waals surface area contributed by atoms with Gasteiger partial charge in [-0.1, -0.05) is 17.7 Å². The number of benzene rings is 1. The van der Waals surface area contributed by atoms with Crippen LogP contribution in [0.2, 0.25) is 0 Å². The molecule has 1 amide bonds. The summed E-state index contributed by atoms with van der Waals surface area (Å²) in [5.41, 5.74) is 2.16. The molecule has 1 aliphatic rings. The monoisotopic (exact) mass is 411 g/mol. The van der Waals surface area contributed by atoms with Crippen LogP contribution in [0.3, 0.4) is 0 Å². The number of anilines is 1. The van der Waals surface area contributed by atoms with E-state index >= 15 is 0 Å². The molecule has 3 heterocycles. The number of carbonyl (C=O) groups excluding carboxylic acids is 2. The highest BCUT2D eigenvalue weighted by Crippen LogP contribution is 2.29.